The molecule has 0 atom stereocenters. The molecular formula is C9H7BrN6O4S. The smallest absolute Gasteiger partial charge is 0.327 e. The van der Waals surface area contributed by atoms with Gasteiger partial charge in [0, 0.05) is 16.7 Å². The number of nitro groups is 1. The van der Waals surface area contributed by atoms with Crippen molar-refractivity contribution in [1.82, 2.24) is 25.2 Å². The fraction of sp³-hybridized carbons (Fsp3) is 0.222. The first-order valence-electron chi connectivity index (χ1n) is 5.32. The zero-order valence-corrected chi connectivity index (χ0v) is 12.9. The van der Waals surface area contributed by atoms with Gasteiger partial charge in [-0.15, -0.1) is 5.10 Å². The lowest BCUT2D eigenvalue weighted by atomic mass is 10.4. The van der Waals surface area contributed by atoms with Crippen LogP contribution in [-0.4, -0.2) is 43.2 Å². The Kier molecular flexibility index (Phi) is 4.80. The van der Waals surface area contributed by atoms with Crippen molar-refractivity contribution in [3.8, 4) is 0 Å². The van der Waals surface area contributed by atoms with E-state index >= 15 is 0 Å². The molecule has 0 saturated carbocycles. The molecule has 0 radical (unpaired) electrons. The van der Waals surface area contributed by atoms with Crippen LogP contribution in [0.5, 0.6) is 0 Å². The first kappa shape index (κ1) is 15.3. The molecule has 0 bridgehead atoms. The summed E-state index contributed by atoms with van der Waals surface area (Å²) >= 11 is 4.00. The monoisotopic (exact) mass is 374 g/mol. The largest absolute Gasteiger partial charge is 0.468 e. The Balaban J connectivity index is 2.29. The van der Waals surface area contributed by atoms with Crippen LogP contribution in [0.3, 0.4) is 0 Å². The normalized spacial score (nSPS) is 10.4. The number of rotatable bonds is 5. The number of nitrogens with zero attached hydrogens (tertiary/aromatic N) is 6. The number of hydrogen-bond acceptors (Lipinski definition) is 9. The van der Waals surface area contributed by atoms with Crippen LogP contribution in [0.1, 0.15) is 0 Å². The lowest BCUT2D eigenvalue weighted by Gasteiger charge is -2.03. The molecule has 0 amide bonds. The minimum absolute atomic E-state index is 0.115. The Morgan fingerprint density at radius 3 is 3.05 bits per heavy atom. The van der Waals surface area contributed by atoms with Crippen molar-refractivity contribution >= 4 is 39.3 Å². The van der Waals surface area contributed by atoms with Crippen LogP contribution in [0.15, 0.2) is 26.9 Å². The average molecular weight is 375 g/mol. The molecule has 0 unspecified atom stereocenters. The molecule has 0 saturated heterocycles. The Bertz CT molecular complexity index is 693. The first-order valence-corrected chi connectivity index (χ1v) is 6.93. The van der Waals surface area contributed by atoms with E-state index in [2.05, 4.69) is 41.2 Å². The zero-order valence-electron chi connectivity index (χ0n) is 10.5. The maximum absolute atomic E-state index is 11.2. The van der Waals surface area contributed by atoms with E-state index in [0.29, 0.717) is 4.47 Å². The number of aromatic nitrogens is 5. The van der Waals surface area contributed by atoms with Crippen LogP contribution >= 0.6 is 27.7 Å². The van der Waals surface area contributed by atoms with Gasteiger partial charge in [0.05, 0.1) is 12.0 Å². The highest BCUT2D eigenvalue weighted by Gasteiger charge is 2.21. The van der Waals surface area contributed by atoms with Gasteiger partial charge in [0.1, 0.15) is 6.54 Å². The van der Waals surface area contributed by atoms with Gasteiger partial charge in [0.15, 0.2) is 5.03 Å². The van der Waals surface area contributed by atoms with Gasteiger partial charge in [-0.1, -0.05) is 0 Å². The minimum Gasteiger partial charge on any atom is -0.468 e. The minimum atomic E-state index is -0.561. The van der Waals surface area contributed by atoms with Crippen molar-refractivity contribution < 1.29 is 14.5 Å². The topological polar surface area (TPSA) is 126 Å². The van der Waals surface area contributed by atoms with Gasteiger partial charge < -0.3 is 4.74 Å². The summed E-state index contributed by atoms with van der Waals surface area (Å²) in [4.78, 5) is 25.6. The molecule has 0 aliphatic heterocycles. The molecule has 10 nitrogen and oxygen atoms in total. The zero-order chi connectivity index (χ0) is 15.4. The van der Waals surface area contributed by atoms with E-state index in [-0.39, 0.29) is 22.4 Å². The highest BCUT2D eigenvalue weighted by atomic mass is 79.9. The third-order valence-corrected chi connectivity index (χ3v) is 3.61. The van der Waals surface area contributed by atoms with Crippen LogP contribution in [0.4, 0.5) is 5.69 Å². The lowest BCUT2D eigenvalue weighted by molar-refractivity contribution is -0.388. The van der Waals surface area contributed by atoms with Crippen LogP contribution < -0.4 is 0 Å². The number of hydrogen-bond donors (Lipinski definition) is 0. The fourth-order valence-electron chi connectivity index (χ4n) is 1.27. The van der Waals surface area contributed by atoms with Crippen molar-refractivity contribution in [2.24, 2.45) is 0 Å². The van der Waals surface area contributed by atoms with E-state index in [9.17, 15) is 14.9 Å². The van der Waals surface area contributed by atoms with Crippen molar-refractivity contribution in [3.63, 3.8) is 0 Å². The number of pyridine rings is 1. The lowest BCUT2D eigenvalue weighted by Crippen LogP contribution is -2.13. The molecule has 0 aliphatic rings. The summed E-state index contributed by atoms with van der Waals surface area (Å²) < 4.78 is 6.16. The van der Waals surface area contributed by atoms with Crippen LogP contribution in [-0.2, 0) is 16.1 Å². The molecule has 2 aromatic heterocycles. The third-order valence-electron chi connectivity index (χ3n) is 2.19. The molecule has 0 spiro atoms. The van der Waals surface area contributed by atoms with Crippen LogP contribution in [0, 0.1) is 10.1 Å². The molecule has 2 aromatic rings. The average Bonchev–Trinajstić information content (AvgIpc) is 2.87. The van der Waals surface area contributed by atoms with E-state index in [4.69, 9.17) is 0 Å². The predicted molar refractivity (Wildman–Crippen MR) is 72.5 cm³/mol. The number of halogens is 1. The summed E-state index contributed by atoms with van der Waals surface area (Å²) in [5.74, 6) is -0.539. The summed E-state index contributed by atoms with van der Waals surface area (Å²) in [7, 11) is 1.24. The second kappa shape index (κ2) is 6.58. The van der Waals surface area contributed by atoms with Gasteiger partial charge in [0.2, 0.25) is 5.16 Å². The maximum atomic E-state index is 11.2. The molecule has 2 heterocycles. The van der Waals surface area contributed by atoms with Gasteiger partial charge in [-0.25, -0.2) is 9.67 Å². The van der Waals surface area contributed by atoms with Crippen molar-refractivity contribution in [3.05, 3.63) is 26.9 Å². The predicted octanol–water partition coefficient (Wildman–Crippen LogP) is 1.06. The van der Waals surface area contributed by atoms with E-state index in [1.807, 2.05) is 0 Å². The second-order valence-corrected chi connectivity index (χ2v) is 5.40. The van der Waals surface area contributed by atoms with Gasteiger partial charge in [-0.05, 0) is 38.1 Å². The number of methoxy groups -OCH3 is 1. The van der Waals surface area contributed by atoms with E-state index in [0.717, 1.165) is 11.8 Å². The Hall–Kier alpha value is -2.08. The van der Waals surface area contributed by atoms with Crippen LogP contribution in [0.25, 0.3) is 0 Å². The third kappa shape index (κ3) is 3.72. The fourth-order valence-corrected chi connectivity index (χ4v) is 2.39. The molecule has 2 rings (SSSR count). The summed E-state index contributed by atoms with van der Waals surface area (Å²) in [6, 6.07) is 1.32. The molecule has 0 aliphatic carbocycles. The van der Waals surface area contributed by atoms with Crippen molar-refractivity contribution in [2.75, 3.05) is 7.11 Å². The van der Waals surface area contributed by atoms with Crippen molar-refractivity contribution in [2.45, 2.75) is 16.7 Å². The Morgan fingerprint density at radius 1 is 1.62 bits per heavy atom. The van der Waals surface area contributed by atoms with Gasteiger partial charge >= 0.3 is 11.7 Å². The summed E-state index contributed by atoms with van der Waals surface area (Å²) in [6.45, 7) is -0.198. The summed E-state index contributed by atoms with van der Waals surface area (Å²) in [5.41, 5.74) is -0.193. The molecular weight excluding hydrogens is 368 g/mol. The highest BCUT2D eigenvalue weighted by molar-refractivity contribution is 9.10. The summed E-state index contributed by atoms with van der Waals surface area (Å²) in [5, 5.41) is 22.1. The SMILES string of the molecule is COC(=O)Cn1nnnc1Sc1ncc(Br)cc1[N+](=O)[O-]. The maximum Gasteiger partial charge on any atom is 0.327 e. The van der Waals surface area contributed by atoms with Crippen molar-refractivity contribution in [1.29, 1.82) is 0 Å². The number of tetrazole rings is 1. The number of carbonyl (C=O) groups excluding carboxylic acids is 1. The van der Waals surface area contributed by atoms with E-state index in [1.54, 1.807) is 0 Å². The number of carbonyl (C=O) groups is 1. The molecule has 0 aromatic carbocycles. The standard InChI is InChI=1S/C9H7BrN6O4S/c1-20-7(17)4-15-9(12-13-14-15)21-8-6(16(18)19)2-5(10)3-11-8/h2-3H,4H2,1H3. The second-order valence-electron chi connectivity index (χ2n) is 3.53. The summed E-state index contributed by atoms with van der Waals surface area (Å²) in [6.07, 6.45) is 1.42. The molecule has 0 fully saturated rings. The van der Waals surface area contributed by atoms with E-state index < -0.39 is 10.9 Å². The Morgan fingerprint density at radius 2 is 2.38 bits per heavy atom. The van der Waals surface area contributed by atoms with Gasteiger partial charge in [0.25, 0.3) is 0 Å². The molecule has 12 heteroatoms. The molecule has 110 valence electrons. The van der Waals surface area contributed by atoms with Crippen LogP contribution in [0.2, 0.25) is 0 Å². The molecule has 21 heavy (non-hydrogen) atoms. The quantitative estimate of drug-likeness (QED) is 0.428. The Labute approximate surface area is 130 Å². The van der Waals surface area contributed by atoms with Gasteiger partial charge in [-0.2, -0.15) is 0 Å². The number of ether oxygens (including phenoxy) is 1. The highest BCUT2D eigenvalue weighted by Crippen LogP contribution is 2.32. The van der Waals surface area contributed by atoms with E-state index in [1.165, 1.54) is 24.1 Å². The molecule has 0 N–H and O–H groups in total. The number of esters is 1. The first-order chi connectivity index (χ1) is 10.0. The van der Waals surface area contributed by atoms with Gasteiger partial charge in [-0.3, -0.25) is 14.9 Å².